The van der Waals surface area contributed by atoms with Gasteiger partial charge in [0.1, 0.15) is 10.4 Å². The summed E-state index contributed by atoms with van der Waals surface area (Å²) in [5.41, 5.74) is 2.42. The first-order valence-electron chi connectivity index (χ1n) is 6.82. The second-order valence-corrected chi connectivity index (χ2v) is 6.10. The van der Waals surface area contributed by atoms with Gasteiger partial charge in [-0.15, -0.1) is 11.3 Å². The SMILES string of the molecule is CCc1nc2c(s1)c(O)c(-c1ccccc1C)c(=O)n2C. The number of thiazole rings is 1. The van der Waals surface area contributed by atoms with Crippen molar-refractivity contribution in [2.24, 2.45) is 7.05 Å². The topological polar surface area (TPSA) is 55.1 Å². The highest BCUT2D eigenvalue weighted by atomic mass is 32.1. The van der Waals surface area contributed by atoms with Crippen LogP contribution < -0.4 is 5.56 Å². The first-order chi connectivity index (χ1) is 10.0. The summed E-state index contributed by atoms with van der Waals surface area (Å²) in [6, 6.07) is 7.58. The number of hydrogen-bond donors (Lipinski definition) is 1. The molecule has 21 heavy (non-hydrogen) atoms. The lowest BCUT2D eigenvalue weighted by molar-refractivity contribution is 0.482. The lowest BCUT2D eigenvalue weighted by atomic mass is 10.0. The van der Waals surface area contributed by atoms with Crippen LogP contribution in [0.4, 0.5) is 0 Å². The van der Waals surface area contributed by atoms with Crippen molar-refractivity contribution in [1.29, 1.82) is 0 Å². The van der Waals surface area contributed by atoms with Crippen LogP contribution in [0.25, 0.3) is 21.5 Å². The van der Waals surface area contributed by atoms with Crippen molar-refractivity contribution < 1.29 is 5.11 Å². The fourth-order valence-corrected chi connectivity index (χ4v) is 3.45. The Bertz CT molecular complexity index is 893. The fraction of sp³-hybridized carbons (Fsp3) is 0.250. The van der Waals surface area contributed by atoms with Crippen LogP contribution in [0.15, 0.2) is 29.1 Å². The molecule has 0 aliphatic rings. The number of benzene rings is 1. The van der Waals surface area contributed by atoms with Crippen molar-refractivity contribution in [2.45, 2.75) is 20.3 Å². The third kappa shape index (κ3) is 2.05. The van der Waals surface area contributed by atoms with Gasteiger partial charge in [-0.05, 0) is 24.5 Å². The highest BCUT2D eigenvalue weighted by Crippen LogP contribution is 2.37. The molecular formula is C16H16N2O2S. The third-order valence-electron chi connectivity index (χ3n) is 3.66. The van der Waals surface area contributed by atoms with Crippen molar-refractivity contribution in [2.75, 3.05) is 0 Å². The van der Waals surface area contributed by atoms with Gasteiger partial charge in [0.05, 0.1) is 10.6 Å². The third-order valence-corrected chi connectivity index (χ3v) is 4.85. The first kappa shape index (κ1) is 13.8. The van der Waals surface area contributed by atoms with E-state index in [0.717, 1.165) is 22.6 Å². The predicted octanol–water partition coefficient (Wildman–Crippen LogP) is 3.24. The molecule has 5 heteroatoms. The molecule has 3 aromatic rings. The van der Waals surface area contributed by atoms with E-state index in [2.05, 4.69) is 4.98 Å². The monoisotopic (exact) mass is 300 g/mol. The minimum absolute atomic E-state index is 0.0413. The average molecular weight is 300 g/mol. The molecule has 0 saturated heterocycles. The Hall–Kier alpha value is -2.14. The number of fused-ring (bicyclic) bond motifs is 1. The molecule has 1 N–H and O–H groups in total. The zero-order chi connectivity index (χ0) is 15.1. The minimum Gasteiger partial charge on any atom is -0.505 e. The second kappa shape index (κ2) is 5.00. The van der Waals surface area contributed by atoms with Gasteiger partial charge in [0.2, 0.25) is 0 Å². The molecule has 0 amide bonds. The molecule has 0 atom stereocenters. The van der Waals surface area contributed by atoms with E-state index in [4.69, 9.17) is 0 Å². The van der Waals surface area contributed by atoms with E-state index >= 15 is 0 Å². The molecule has 0 unspecified atom stereocenters. The Morgan fingerprint density at radius 2 is 2.05 bits per heavy atom. The van der Waals surface area contributed by atoms with Crippen LogP contribution in [0, 0.1) is 6.92 Å². The Morgan fingerprint density at radius 1 is 1.33 bits per heavy atom. The van der Waals surface area contributed by atoms with Gasteiger partial charge in [0, 0.05) is 7.05 Å². The van der Waals surface area contributed by atoms with Crippen molar-refractivity contribution in [3.8, 4) is 16.9 Å². The van der Waals surface area contributed by atoms with Crippen LogP contribution >= 0.6 is 11.3 Å². The molecule has 0 radical (unpaired) electrons. The van der Waals surface area contributed by atoms with Crippen LogP contribution in [0.3, 0.4) is 0 Å². The van der Waals surface area contributed by atoms with Crippen LogP contribution in [-0.2, 0) is 13.5 Å². The molecule has 0 aliphatic heterocycles. The maximum Gasteiger partial charge on any atom is 0.263 e. The van der Waals surface area contributed by atoms with Crippen molar-refractivity contribution in [3.05, 3.63) is 45.2 Å². The molecular weight excluding hydrogens is 284 g/mol. The first-order valence-corrected chi connectivity index (χ1v) is 7.63. The molecule has 3 rings (SSSR count). The number of hydrogen-bond acceptors (Lipinski definition) is 4. The second-order valence-electron chi connectivity index (χ2n) is 5.02. The molecule has 108 valence electrons. The summed E-state index contributed by atoms with van der Waals surface area (Å²) in [5, 5.41) is 11.5. The molecule has 0 saturated carbocycles. The van der Waals surface area contributed by atoms with E-state index in [0.29, 0.717) is 15.9 Å². The van der Waals surface area contributed by atoms with Crippen molar-refractivity contribution >= 4 is 21.7 Å². The predicted molar refractivity (Wildman–Crippen MR) is 86.1 cm³/mol. The van der Waals surface area contributed by atoms with Crippen LogP contribution in [0.5, 0.6) is 5.75 Å². The number of aromatic hydroxyl groups is 1. The summed E-state index contributed by atoms with van der Waals surface area (Å²) in [4.78, 5) is 17.1. The van der Waals surface area contributed by atoms with E-state index in [1.54, 1.807) is 7.05 Å². The molecule has 0 bridgehead atoms. The summed E-state index contributed by atoms with van der Waals surface area (Å²) < 4.78 is 2.19. The molecule has 0 aliphatic carbocycles. The zero-order valence-corrected chi connectivity index (χ0v) is 13.0. The van der Waals surface area contributed by atoms with E-state index in [9.17, 15) is 9.90 Å². The van der Waals surface area contributed by atoms with Gasteiger partial charge in [-0.1, -0.05) is 31.2 Å². The smallest absolute Gasteiger partial charge is 0.263 e. The van der Waals surface area contributed by atoms with Gasteiger partial charge in [-0.3, -0.25) is 9.36 Å². The highest BCUT2D eigenvalue weighted by Gasteiger charge is 2.20. The molecule has 2 aromatic heterocycles. The Kier molecular flexibility index (Phi) is 3.29. The summed E-state index contributed by atoms with van der Waals surface area (Å²) in [7, 11) is 1.70. The van der Waals surface area contributed by atoms with Gasteiger partial charge in [0.25, 0.3) is 5.56 Å². The average Bonchev–Trinajstić information content (AvgIpc) is 2.92. The van der Waals surface area contributed by atoms with Crippen LogP contribution in [0.1, 0.15) is 17.5 Å². The zero-order valence-electron chi connectivity index (χ0n) is 12.2. The molecule has 4 nitrogen and oxygen atoms in total. The largest absolute Gasteiger partial charge is 0.505 e. The van der Waals surface area contributed by atoms with Crippen LogP contribution in [0.2, 0.25) is 0 Å². The summed E-state index contributed by atoms with van der Waals surface area (Å²) in [6.45, 7) is 3.94. The summed E-state index contributed by atoms with van der Waals surface area (Å²) >= 11 is 1.44. The number of aryl methyl sites for hydroxylation is 3. The Balaban J connectivity index is 2.44. The lowest BCUT2D eigenvalue weighted by Crippen LogP contribution is -2.19. The highest BCUT2D eigenvalue weighted by molar-refractivity contribution is 7.19. The normalized spacial score (nSPS) is 11.2. The van der Waals surface area contributed by atoms with Gasteiger partial charge < -0.3 is 5.11 Å². The van der Waals surface area contributed by atoms with Crippen LogP contribution in [-0.4, -0.2) is 14.7 Å². The molecule has 2 heterocycles. The maximum absolute atomic E-state index is 12.6. The van der Waals surface area contributed by atoms with E-state index in [1.807, 2.05) is 38.1 Å². The van der Waals surface area contributed by atoms with E-state index < -0.39 is 0 Å². The molecule has 1 aromatic carbocycles. The van der Waals surface area contributed by atoms with Gasteiger partial charge >= 0.3 is 0 Å². The fourth-order valence-electron chi connectivity index (χ4n) is 2.46. The number of aromatic nitrogens is 2. The summed E-state index contributed by atoms with van der Waals surface area (Å²) in [6.07, 6.45) is 0.784. The standard InChI is InChI=1S/C16H16N2O2S/c1-4-11-17-15-14(21-11)13(19)12(16(20)18(15)3)10-8-6-5-7-9(10)2/h5-8,19H,4H2,1-3H3. The Labute approximate surface area is 126 Å². The quantitative estimate of drug-likeness (QED) is 0.790. The maximum atomic E-state index is 12.6. The Morgan fingerprint density at radius 3 is 2.71 bits per heavy atom. The van der Waals surface area contributed by atoms with Crippen molar-refractivity contribution in [1.82, 2.24) is 9.55 Å². The molecule has 0 spiro atoms. The number of nitrogens with zero attached hydrogens (tertiary/aromatic N) is 2. The number of pyridine rings is 1. The van der Waals surface area contributed by atoms with Gasteiger partial charge in [0.15, 0.2) is 5.65 Å². The molecule has 0 fully saturated rings. The number of rotatable bonds is 2. The van der Waals surface area contributed by atoms with Gasteiger partial charge in [-0.25, -0.2) is 4.98 Å². The van der Waals surface area contributed by atoms with Crippen molar-refractivity contribution in [3.63, 3.8) is 0 Å². The minimum atomic E-state index is -0.220. The van der Waals surface area contributed by atoms with E-state index in [1.165, 1.54) is 15.9 Å². The van der Waals surface area contributed by atoms with E-state index in [-0.39, 0.29) is 11.3 Å². The lowest BCUT2D eigenvalue weighted by Gasteiger charge is -2.10. The van der Waals surface area contributed by atoms with Gasteiger partial charge in [-0.2, -0.15) is 0 Å². The summed E-state index contributed by atoms with van der Waals surface area (Å²) in [5.74, 6) is 0.0413.